The number of rotatable bonds is 0. The summed E-state index contributed by atoms with van der Waals surface area (Å²) in [7, 11) is 0. The van der Waals surface area contributed by atoms with Crippen LogP contribution >= 0.6 is 36.2 Å². The fraction of sp³-hybridized carbons (Fsp3) is 0.125. The smallest absolute Gasteiger partial charge is 0.0907 e. The zero-order valence-electron chi connectivity index (χ0n) is 6.98. The van der Waals surface area contributed by atoms with E-state index in [0.717, 1.165) is 16.2 Å². The second kappa shape index (κ2) is 4.65. The molecule has 0 fully saturated rings. The number of anilines is 1. The van der Waals surface area contributed by atoms with Crippen molar-refractivity contribution in [2.75, 3.05) is 5.73 Å². The van der Waals surface area contributed by atoms with Crippen LogP contribution in [0.4, 0.5) is 5.69 Å². The molecular formula is C8H10Cl2N2S. The van der Waals surface area contributed by atoms with Crippen LogP contribution in [0.2, 0.25) is 0 Å². The molecule has 0 atom stereocenters. The van der Waals surface area contributed by atoms with Gasteiger partial charge in [0.25, 0.3) is 0 Å². The molecule has 5 heteroatoms. The van der Waals surface area contributed by atoms with Crippen LogP contribution < -0.4 is 5.73 Å². The largest absolute Gasteiger partial charge is 0.399 e. The molecule has 2 N–H and O–H groups in total. The molecule has 2 aromatic rings. The van der Waals surface area contributed by atoms with Gasteiger partial charge in [-0.3, -0.25) is 0 Å². The molecular weight excluding hydrogens is 227 g/mol. The molecule has 0 aliphatic carbocycles. The van der Waals surface area contributed by atoms with Crippen molar-refractivity contribution >= 4 is 52.1 Å². The van der Waals surface area contributed by atoms with Gasteiger partial charge in [-0.05, 0) is 25.1 Å². The standard InChI is InChI=1S/C8H8N2S.2ClH/c1-5-10-7-3-2-6(9)4-8(7)11-5;;/h2-4H,9H2,1H3;2*1H. The van der Waals surface area contributed by atoms with Gasteiger partial charge >= 0.3 is 0 Å². The molecule has 0 radical (unpaired) electrons. The van der Waals surface area contributed by atoms with Crippen LogP contribution in [0.5, 0.6) is 0 Å². The van der Waals surface area contributed by atoms with Crippen LogP contribution in [-0.4, -0.2) is 4.98 Å². The van der Waals surface area contributed by atoms with Gasteiger partial charge in [-0.1, -0.05) is 0 Å². The summed E-state index contributed by atoms with van der Waals surface area (Å²) in [5.41, 5.74) is 7.46. The number of nitrogen functional groups attached to an aromatic ring is 1. The van der Waals surface area contributed by atoms with Crippen LogP contribution in [0.25, 0.3) is 10.2 Å². The molecule has 2 rings (SSSR count). The van der Waals surface area contributed by atoms with Crippen LogP contribution in [0.1, 0.15) is 5.01 Å². The van der Waals surface area contributed by atoms with Gasteiger partial charge in [0.15, 0.2) is 0 Å². The highest BCUT2D eigenvalue weighted by atomic mass is 35.5. The van der Waals surface area contributed by atoms with Gasteiger partial charge in [-0.15, -0.1) is 36.2 Å². The van der Waals surface area contributed by atoms with E-state index < -0.39 is 0 Å². The Morgan fingerprint density at radius 2 is 2.00 bits per heavy atom. The highest BCUT2D eigenvalue weighted by Crippen LogP contribution is 2.22. The van der Waals surface area contributed by atoms with Gasteiger partial charge in [-0.25, -0.2) is 4.98 Å². The van der Waals surface area contributed by atoms with E-state index in [1.54, 1.807) is 11.3 Å². The SMILES string of the molecule is Cc1nc2ccc(N)cc2s1.Cl.Cl. The zero-order valence-corrected chi connectivity index (χ0v) is 9.43. The van der Waals surface area contributed by atoms with E-state index in [1.807, 2.05) is 25.1 Å². The van der Waals surface area contributed by atoms with E-state index in [-0.39, 0.29) is 24.8 Å². The van der Waals surface area contributed by atoms with Gasteiger partial charge < -0.3 is 5.73 Å². The Labute approximate surface area is 93.0 Å². The number of halogens is 2. The van der Waals surface area contributed by atoms with E-state index in [0.29, 0.717) is 0 Å². The number of aryl methyl sites for hydroxylation is 1. The zero-order chi connectivity index (χ0) is 7.84. The Balaban J connectivity index is 0.000000720. The van der Waals surface area contributed by atoms with E-state index in [9.17, 15) is 0 Å². The lowest BCUT2D eigenvalue weighted by Gasteiger charge is -1.89. The molecule has 0 bridgehead atoms. The Kier molecular flexibility index (Phi) is 4.47. The van der Waals surface area contributed by atoms with Crippen LogP contribution in [0.3, 0.4) is 0 Å². The second-order valence-electron chi connectivity index (χ2n) is 2.46. The molecule has 0 amide bonds. The average molecular weight is 237 g/mol. The average Bonchev–Trinajstić information content (AvgIpc) is 2.27. The Morgan fingerprint density at radius 3 is 2.69 bits per heavy atom. The van der Waals surface area contributed by atoms with Crippen molar-refractivity contribution in [1.29, 1.82) is 0 Å². The monoisotopic (exact) mass is 236 g/mol. The topological polar surface area (TPSA) is 38.9 Å². The molecule has 0 unspecified atom stereocenters. The van der Waals surface area contributed by atoms with Crippen molar-refractivity contribution in [3.8, 4) is 0 Å². The molecule has 0 saturated carbocycles. The first kappa shape index (κ1) is 12.5. The number of benzene rings is 1. The van der Waals surface area contributed by atoms with Gasteiger partial charge in [-0.2, -0.15) is 0 Å². The molecule has 0 saturated heterocycles. The summed E-state index contributed by atoms with van der Waals surface area (Å²) in [5.74, 6) is 0. The summed E-state index contributed by atoms with van der Waals surface area (Å²) < 4.78 is 1.17. The fourth-order valence-corrected chi connectivity index (χ4v) is 1.93. The predicted molar refractivity (Wildman–Crippen MR) is 63.3 cm³/mol. The predicted octanol–water partition coefficient (Wildman–Crippen LogP) is 3.03. The van der Waals surface area contributed by atoms with Crippen LogP contribution in [0, 0.1) is 6.92 Å². The Hall–Kier alpha value is -0.510. The van der Waals surface area contributed by atoms with Crippen LogP contribution in [-0.2, 0) is 0 Å². The summed E-state index contributed by atoms with van der Waals surface area (Å²) in [5, 5.41) is 1.09. The maximum Gasteiger partial charge on any atom is 0.0907 e. The molecule has 1 aromatic carbocycles. The summed E-state index contributed by atoms with van der Waals surface area (Å²) in [6.07, 6.45) is 0. The van der Waals surface area contributed by atoms with E-state index >= 15 is 0 Å². The van der Waals surface area contributed by atoms with Crippen LogP contribution in [0.15, 0.2) is 18.2 Å². The lowest BCUT2D eigenvalue weighted by atomic mass is 10.3. The number of fused-ring (bicyclic) bond motifs is 1. The lowest BCUT2D eigenvalue weighted by Crippen LogP contribution is -1.81. The third-order valence-corrected chi connectivity index (χ3v) is 2.45. The summed E-state index contributed by atoms with van der Waals surface area (Å²) in [6, 6.07) is 5.79. The first-order chi connectivity index (χ1) is 5.25. The molecule has 1 aromatic heterocycles. The number of nitrogens with zero attached hydrogens (tertiary/aromatic N) is 1. The summed E-state index contributed by atoms with van der Waals surface area (Å²) >= 11 is 1.68. The maximum atomic E-state index is 5.61. The van der Waals surface area contributed by atoms with Crippen molar-refractivity contribution in [2.24, 2.45) is 0 Å². The van der Waals surface area contributed by atoms with Gasteiger partial charge in [0.1, 0.15) is 0 Å². The lowest BCUT2D eigenvalue weighted by molar-refractivity contribution is 1.35. The first-order valence-electron chi connectivity index (χ1n) is 3.38. The molecule has 0 aliphatic rings. The van der Waals surface area contributed by atoms with E-state index in [2.05, 4.69) is 4.98 Å². The maximum absolute atomic E-state index is 5.61. The third kappa shape index (κ3) is 2.46. The molecule has 0 aliphatic heterocycles. The third-order valence-electron chi connectivity index (χ3n) is 1.52. The number of aromatic nitrogens is 1. The first-order valence-corrected chi connectivity index (χ1v) is 4.20. The molecule has 2 nitrogen and oxygen atoms in total. The highest BCUT2D eigenvalue weighted by molar-refractivity contribution is 7.18. The van der Waals surface area contributed by atoms with Crippen molar-refractivity contribution in [2.45, 2.75) is 6.92 Å². The van der Waals surface area contributed by atoms with Crippen molar-refractivity contribution < 1.29 is 0 Å². The Morgan fingerprint density at radius 1 is 1.31 bits per heavy atom. The quantitative estimate of drug-likeness (QED) is 0.715. The fourth-order valence-electron chi connectivity index (χ4n) is 1.06. The minimum atomic E-state index is 0. The summed E-state index contributed by atoms with van der Waals surface area (Å²) in [6.45, 7) is 2.00. The molecule has 72 valence electrons. The van der Waals surface area contributed by atoms with Crippen molar-refractivity contribution in [3.05, 3.63) is 23.2 Å². The molecule has 1 heterocycles. The normalized spacial score (nSPS) is 9.00. The minimum absolute atomic E-state index is 0. The van der Waals surface area contributed by atoms with E-state index in [1.165, 1.54) is 4.70 Å². The van der Waals surface area contributed by atoms with Gasteiger partial charge in [0, 0.05) is 5.69 Å². The Bertz CT molecular complexity index is 400. The van der Waals surface area contributed by atoms with Crippen molar-refractivity contribution in [1.82, 2.24) is 4.98 Å². The number of thiazole rings is 1. The number of nitrogens with two attached hydrogens (primary N) is 1. The minimum Gasteiger partial charge on any atom is -0.399 e. The van der Waals surface area contributed by atoms with Crippen molar-refractivity contribution in [3.63, 3.8) is 0 Å². The molecule has 0 spiro atoms. The van der Waals surface area contributed by atoms with E-state index in [4.69, 9.17) is 5.73 Å². The molecule has 13 heavy (non-hydrogen) atoms. The van der Waals surface area contributed by atoms with Gasteiger partial charge in [0.05, 0.1) is 15.2 Å². The van der Waals surface area contributed by atoms with Gasteiger partial charge in [0.2, 0.25) is 0 Å². The number of hydrogen-bond donors (Lipinski definition) is 1. The summed E-state index contributed by atoms with van der Waals surface area (Å²) in [4.78, 5) is 4.32. The number of hydrogen-bond acceptors (Lipinski definition) is 3. The highest BCUT2D eigenvalue weighted by Gasteiger charge is 1.98. The second-order valence-corrected chi connectivity index (χ2v) is 3.69.